The summed E-state index contributed by atoms with van der Waals surface area (Å²) in [5, 5.41) is 15.3. The molecule has 0 fully saturated rings. The second-order valence-electron chi connectivity index (χ2n) is 6.68. The van der Waals surface area contributed by atoms with E-state index in [2.05, 4.69) is 75.4 Å². The molecular weight excluding hydrogens is 439 g/mol. The predicted molar refractivity (Wildman–Crippen MR) is 116 cm³/mol. The molecule has 142 valence electrons. The van der Waals surface area contributed by atoms with Gasteiger partial charge in [-0.15, -0.1) is 34.2 Å². The number of aliphatic imine (C=N–C) groups is 1. The van der Waals surface area contributed by atoms with Gasteiger partial charge < -0.3 is 15.2 Å². The standard InChI is InChI=1S/C19H28N6.HI/c1-4-20-19(21-12-15(3)16-9-7-14(2)8-10-16)22-13-18-24-23-17-6-5-11-25(17)18;/h7-10,15H,4-6,11-13H2,1-3H3,(H2,20,21,22);1H. The first-order valence-electron chi connectivity index (χ1n) is 9.17. The molecule has 0 saturated heterocycles. The average molecular weight is 468 g/mol. The molecule has 0 bridgehead atoms. The van der Waals surface area contributed by atoms with Crippen LogP contribution in [0.15, 0.2) is 29.3 Å². The molecule has 1 aromatic carbocycles. The van der Waals surface area contributed by atoms with E-state index in [-0.39, 0.29) is 24.0 Å². The molecule has 7 heteroatoms. The minimum atomic E-state index is 0. The Bertz CT molecular complexity index is 722. The lowest BCUT2D eigenvalue weighted by molar-refractivity contribution is 0.676. The van der Waals surface area contributed by atoms with E-state index in [4.69, 9.17) is 0 Å². The van der Waals surface area contributed by atoms with E-state index in [0.717, 1.165) is 50.1 Å². The summed E-state index contributed by atoms with van der Waals surface area (Å²) in [5.41, 5.74) is 2.63. The largest absolute Gasteiger partial charge is 0.357 e. The SMILES string of the molecule is CCNC(=NCc1nnc2n1CCC2)NCC(C)c1ccc(C)cc1.I. The minimum absolute atomic E-state index is 0. The van der Waals surface area contributed by atoms with Crippen LogP contribution in [-0.2, 0) is 19.5 Å². The van der Waals surface area contributed by atoms with Crippen LogP contribution in [0.1, 0.15) is 49.0 Å². The van der Waals surface area contributed by atoms with Gasteiger partial charge in [-0.25, -0.2) is 4.99 Å². The molecule has 0 spiro atoms. The molecule has 1 aliphatic rings. The summed E-state index contributed by atoms with van der Waals surface area (Å²) in [6.07, 6.45) is 2.19. The molecule has 1 atom stereocenters. The molecule has 2 aromatic rings. The minimum Gasteiger partial charge on any atom is -0.357 e. The molecule has 0 amide bonds. The summed E-state index contributed by atoms with van der Waals surface area (Å²) in [7, 11) is 0. The van der Waals surface area contributed by atoms with Gasteiger partial charge in [-0.3, -0.25) is 0 Å². The monoisotopic (exact) mass is 468 g/mol. The Morgan fingerprint density at radius 1 is 1.23 bits per heavy atom. The van der Waals surface area contributed by atoms with Crippen molar-refractivity contribution in [1.82, 2.24) is 25.4 Å². The molecule has 26 heavy (non-hydrogen) atoms. The highest BCUT2D eigenvalue weighted by molar-refractivity contribution is 14.0. The molecule has 0 saturated carbocycles. The molecular formula is C19H29IN6. The van der Waals surface area contributed by atoms with Crippen molar-refractivity contribution in [3.63, 3.8) is 0 Å². The Morgan fingerprint density at radius 3 is 2.73 bits per heavy atom. The number of nitrogens with zero attached hydrogens (tertiary/aromatic N) is 4. The molecule has 2 N–H and O–H groups in total. The third-order valence-corrected chi connectivity index (χ3v) is 4.63. The Balaban J connectivity index is 0.00000243. The van der Waals surface area contributed by atoms with Crippen LogP contribution in [0.25, 0.3) is 0 Å². The van der Waals surface area contributed by atoms with Gasteiger partial charge in [-0.2, -0.15) is 0 Å². The molecule has 0 radical (unpaired) electrons. The van der Waals surface area contributed by atoms with Gasteiger partial charge in [0.05, 0.1) is 0 Å². The van der Waals surface area contributed by atoms with Gasteiger partial charge in [-0.05, 0) is 31.7 Å². The first kappa shape index (κ1) is 20.7. The van der Waals surface area contributed by atoms with Crippen LogP contribution in [0.2, 0.25) is 0 Å². The summed E-state index contributed by atoms with van der Waals surface area (Å²) >= 11 is 0. The maximum atomic E-state index is 4.68. The van der Waals surface area contributed by atoms with Crippen LogP contribution in [-0.4, -0.2) is 33.8 Å². The Kier molecular flexibility index (Phi) is 7.86. The number of hydrogen-bond donors (Lipinski definition) is 2. The van der Waals surface area contributed by atoms with Crippen molar-refractivity contribution in [2.45, 2.75) is 52.6 Å². The van der Waals surface area contributed by atoms with E-state index in [1.165, 1.54) is 11.1 Å². The van der Waals surface area contributed by atoms with Crippen LogP contribution < -0.4 is 10.6 Å². The number of hydrogen-bond acceptors (Lipinski definition) is 3. The average Bonchev–Trinajstić information content (AvgIpc) is 3.22. The predicted octanol–water partition coefficient (Wildman–Crippen LogP) is 3.01. The molecule has 2 heterocycles. The normalized spacial score (nSPS) is 14.5. The van der Waals surface area contributed by atoms with E-state index in [1.54, 1.807) is 0 Å². The molecule has 3 rings (SSSR count). The van der Waals surface area contributed by atoms with E-state index in [9.17, 15) is 0 Å². The van der Waals surface area contributed by atoms with Crippen molar-refractivity contribution in [2.75, 3.05) is 13.1 Å². The molecule has 1 aliphatic heterocycles. The summed E-state index contributed by atoms with van der Waals surface area (Å²) in [6.45, 7) is 9.67. The smallest absolute Gasteiger partial charge is 0.191 e. The highest BCUT2D eigenvalue weighted by atomic mass is 127. The van der Waals surface area contributed by atoms with E-state index in [1.807, 2.05) is 0 Å². The highest BCUT2D eigenvalue weighted by Gasteiger charge is 2.16. The number of fused-ring (bicyclic) bond motifs is 1. The summed E-state index contributed by atoms with van der Waals surface area (Å²) in [6, 6.07) is 8.73. The number of aryl methyl sites for hydroxylation is 2. The number of nitrogens with one attached hydrogen (secondary N) is 2. The van der Waals surface area contributed by atoms with Gasteiger partial charge in [0, 0.05) is 26.1 Å². The van der Waals surface area contributed by atoms with Gasteiger partial charge in [0.25, 0.3) is 0 Å². The second-order valence-corrected chi connectivity index (χ2v) is 6.68. The van der Waals surface area contributed by atoms with Gasteiger partial charge in [0.15, 0.2) is 11.8 Å². The highest BCUT2D eigenvalue weighted by Crippen LogP contribution is 2.15. The van der Waals surface area contributed by atoms with E-state index < -0.39 is 0 Å². The fourth-order valence-electron chi connectivity index (χ4n) is 3.08. The summed E-state index contributed by atoms with van der Waals surface area (Å²) in [5.74, 6) is 3.30. The second kappa shape index (κ2) is 9.89. The zero-order chi connectivity index (χ0) is 17.6. The Labute approximate surface area is 172 Å². The van der Waals surface area contributed by atoms with Gasteiger partial charge in [-0.1, -0.05) is 36.8 Å². The summed E-state index contributed by atoms with van der Waals surface area (Å²) < 4.78 is 2.20. The van der Waals surface area contributed by atoms with Crippen LogP contribution in [0.3, 0.4) is 0 Å². The Morgan fingerprint density at radius 2 is 2.00 bits per heavy atom. The quantitative estimate of drug-likeness (QED) is 0.389. The van der Waals surface area contributed by atoms with E-state index >= 15 is 0 Å². The fourth-order valence-corrected chi connectivity index (χ4v) is 3.08. The van der Waals surface area contributed by atoms with Crippen molar-refractivity contribution in [3.8, 4) is 0 Å². The van der Waals surface area contributed by atoms with Gasteiger partial charge in [0.1, 0.15) is 12.4 Å². The van der Waals surface area contributed by atoms with Crippen LogP contribution >= 0.6 is 24.0 Å². The maximum absolute atomic E-state index is 4.68. The molecule has 6 nitrogen and oxygen atoms in total. The van der Waals surface area contributed by atoms with Crippen molar-refractivity contribution in [2.24, 2.45) is 4.99 Å². The Hall–Kier alpha value is -1.64. The van der Waals surface area contributed by atoms with Crippen LogP contribution in [0.4, 0.5) is 0 Å². The first-order valence-corrected chi connectivity index (χ1v) is 9.17. The van der Waals surface area contributed by atoms with Crippen molar-refractivity contribution in [1.29, 1.82) is 0 Å². The topological polar surface area (TPSA) is 67.1 Å². The number of benzene rings is 1. The molecule has 1 unspecified atom stereocenters. The van der Waals surface area contributed by atoms with Crippen molar-refractivity contribution in [3.05, 3.63) is 47.0 Å². The van der Waals surface area contributed by atoms with Crippen LogP contribution in [0.5, 0.6) is 0 Å². The fraction of sp³-hybridized carbons (Fsp3) is 0.526. The third kappa shape index (κ3) is 5.18. The lowest BCUT2D eigenvalue weighted by atomic mass is 10.0. The molecule has 1 aromatic heterocycles. The third-order valence-electron chi connectivity index (χ3n) is 4.63. The number of rotatable bonds is 6. The molecule has 0 aliphatic carbocycles. The number of halogens is 1. The number of aromatic nitrogens is 3. The zero-order valence-corrected chi connectivity index (χ0v) is 18.2. The van der Waals surface area contributed by atoms with E-state index in [0.29, 0.717) is 12.5 Å². The van der Waals surface area contributed by atoms with Gasteiger partial charge in [0.2, 0.25) is 0 Å². The first-order chi connectivity index (χ1) is 12.2. The van der Waals surface area contributed by atoms with Crippen molar-refractivity contribution >= 4 is 29.9 Å². The maximum Gasteiger partial charge on any atom is 0.191 e. The zero-order valence-electron chi connectivity index (χ0n) is 15.8. The summed E-state index contributed by atoms with van der Waals surface area (Å²) in [4.78, 5) is 4.68. The lowest BCUT2D eigenvalue weighted by Gasteiger charge is -2.16. The van der Waals surface area contributed by atoms with Crippen LogP contribution in [0, 0.1) is 6.92 Å². The van der Waals surface area contributed by atoms with Crippen molar-refractivity contribution < 1.29 is 0 Å². The lowest BCUT2D eigenvalue weighted by Crippen LogP contribution is -2.39. The van der Waals surface area contributed by atoms with Gasteiger partial charge >= 0.3 is 0 Å². The number of guanidine groups is 1.